The third-order valence-electron chi connectivity index (χ3n) is 4.36. The molecule has 92 valence electrons. The fourth-order valence-corrected chi connectivity index (χ4v) is 3.25. The SMILES string of the molecule is CC(c1ccncc1)N1CC2CCCNC2C1. The average molecular weight is 231 g/mol. The predicted molar refractivity (Wildman–Crippen MR) is 68.7 cm³/mol. The van der Waals surface area contributed by atoms with Gasteiger partial charge in [0.15, 0.2) is 0 Å². The second-order valence-electron chi connectivity index (χ2n) is 5.37. The van der Waals surface area contributed by atoms with Crippen LogP contribution in [-0.4, -0.2) is 35.6 Å². The van der Waals surface area contributed by atoms with Gasteiger partial charge in [-0.25, -0.2) is 0 Å². The van der Waals surface area contributed by atoms with Gasteiger partial charge in [-0.15, -0.1) is 0 Å². The number of hydrogen-bond donors (Lipinski definition) is 1. The Hall–Kier alpha value is -0.930. The van der Waals surface area contributed by atoms with E-state index in [0.717, 1.165) is 12.0 Å². The Labute approximate surface area is 103 Å². The van der Waals surface area contributed by atoms with Crippen LogP contribution in [0.15, 0.2) is 24.5 Å². The molecule has 2 saturated heterocycles. The van der Waals surface area contributed by atoms with Crippen LogP contribution >= 0.6 is 0 Å². The lowest BCUT2D eigenvalue weighted by Crippen LogP contribution is -2.40. The molecule has 2 fully saturated rings. The van der Waals surface area contributed by atoms with Crippen molar-refractivity contribution in [1.29, 1.82) is 0 Å². The molecule has 0 aliphatic carbocycles. The first-order valence-corrected chi connectivity index (χ1v) is 6.72. The molecule has 3 rings (SSSR count). The number of nitrogens with zero attached hydrogens (tertiary/aromatic N) is 2. The maximum Gasteiger partial charge on any atom is 0.0321 e. The van der Waals surface area contributed by atoms with Crippen LogP contribution in [0.3, 0.4) is 0 Å². The van der Waals surface area contributed by atoms with Crippen molar-refractivity contribution in [2.24, 2.45) is 5.92 Å². The van der Waals surface area contributed by atoms with Crippen molar-refractivity contribution in [3.8, 4) is 0 Å². The van der Waals surface area contributed by atoms with Crippen LogP contribution in [0, 0.1) is 5.92 Å². The topological polar surface area (TPSA) is 28.2 Å². The molecule has 0 spiro atoms. The first-order chi connectivity index (χ1) is 8.34. The molecule has 3 unspecified atom stereocenters. The fourth-order valence-electron chi connectivity index (χ4n) is 3.25. The number of hydrogen-bond acceptors (Lipinski definition) is 3. The standard InChI is InChI=1S/C14H21N3/c1-11(12-4-7-15-8-5-12)17-9-13-3-2-6-16-14(13)10-17/h4-5,7-8,11,13-14,16H,2-3,6,9-10H2,1H3. The largest absolute Gasteiger partial charge is 0.312 e. The summed E-state index contributed by atoms with van der Waals surface area (Å²) in [5, 5.41) is 3.66. The van der Waals surface area contributed by atoms with Gasteiger partial charge in [-0.05, 0) is 49.9 Å². The Morgan fingerprint density at radius 1 is 1.35 bits per heavy atom. The number of nitrogens with one attached hydrogen (secondary N) is 1. The minimum Gasteiger partial charge on any atom is -0.312 e. The summed E-state index contributed by atoms with van der Waals surface area (Å²) in [6, 6.07) is 5.53. The van der Waals surface area contributed by atoms with Gasteiger partial charge < -0.3 is 5.32 Å². The lowest BCUT2D eigenvalue weighted by molar-refractivity contribution is 0.250. The quantitative estimate of drug-likeness (QED) is 0.841. The van der Waals surface area contributed by atoms with E-state index in [0.29, 0.717) is 6.04 Å². The second kappa shape index (κ2) is 4.75. The number of aromatic nitrogens is 1. The number of fused-ring (bicyclic) bond motifs is 1. The molecule has 3 atom stereocenters. The van der Waals surface area contributed by atoms with Gasteiger partial charge in [0.2, 0.25) is 0 Å². The minimum absolute atomic E-state index is 0.519. The molecule has 0 saturated carbocycles. The number of pyridine rings is 1. The summed E-state index contributed by atoms with van der Waals surface area (Å²) >= 11 is 0. The molecule has 2 aliphatic rings. The van der Waals surface area contributed by atoms with E-state index in [1.807, 2.05) is 12.4 Å². The zero-order valence-electron chi connectivity index (χ0n) is 10.5. The molecule has 0 bridgehead atoms. The van der Waals surface area contributed by atoms with E-state index in [2.05, 4.69) is 34.3 Å². The molecule has 0 aromatic carbocycles. The molecule has 3 heterocycles. The Morgan fingerprint density at radius 3 is 2.94 bits per heavy atom. The molecule has 1 aromatic rings. The van der Waals surface area contributed by atoms with Crippen LogP contribution in [0.4, 0.5) is 0 Å². The van der Waals surface area contributed by atoms with E-state index in [4.69, 9.17) is 0 Å². The highest BCUT2D eigenvalue weighted by Crippen LogP contribution is 2.31. The van der Waals surface area contributed by atoms with E-state index in [1.54, 1.807) is 0 Å². The monoisotopic (exact) mass is 231 g/mol. The van der Waals surface area contributed by atoms with Crippen molar-refractivity contribution >= 4 is 0 Å². The molecule has 3 heteroatoms. The van der Waals surface area contributed by atoms with E-state index in [9.17, 15) is 0 Å². The molecule has 1 N–H and O–H groups in total. The van der Waals surface area contributed by atoms with Crippen LogP contribution in [0.25, 0.3) is 0 Å². The normalized spacial score (nSPS) is 31.1. The predicted octanol–water partition coefficient (Wildman–Crippen LogP) is 1.83. The molecule has 0 radical (unpaired) electrons. The Kier molecular flexibility index (Phi) is 3.12. The molecule has 0 amide bonds. The van der Waals surface area contributed by atoms with Crippen molar-refractivity contribution in [3.63, 3.8) is 0 Å². The van der Waals surface area contributed by atoms with Crippen LogP contribution in [0.2, 0.25) is 0 Å². The highest BCUT2D eigenvalue weighted by molar-refractivity contribution is 5.15. The molecular weight excluding hydrogens is 210 g/mol. The van der Waals surface area contributed by atoms with Crippen molar-refractivity contribution in [2.45, 2.75) is 31.8 Å². The highest BCUT2D eigenvalue weighted by Gasteiger charge is 2.36. The van der Waals surface area contributed by atoms with Gasteiger partial charge in [0.25, 0.3) is 0 Å². The first-order valence-electron chi connectivity index (χ1n) is 6.72. The van der Waals surface area contributed by atoms with E-state index in [-0.39, 0.29) is 0 Å². The van der Waals surface area contributed by atoms with Crippen molar-refractivity contribution in [3.05, 3.63) is 30.1 Å². The van der Waals surface area contributed by atoms with Crippen LogP contribution < -0.4 is 5.32 Å². The maximum absolute atomic E-state index is 4.10. The number of piperidine rings is 1. The smallest absolute Gasteiger partial charge is 0.0321 e. The molecule has 2 aliphatic heterocycles. The van der Waals surface area contributed by atoms with Crippen molar-refractivity contribution < 1.29 is 0 Å². The summed E-state index contributed by atoms with van der Waals surface area (Å²) in [6.45, 7) is 5.97. The highest BCUT2D eigenvalue weighted by atomic mass is 15.2. The van der Waals surface area contributed by atoms with Crippen molar-refractivity contribution in [2.75, 3.05) is 19.6 Å². The fraction of sp³-hybridized carbons (Fsp3) is 0.643. The summed E-state index contributed by atoms with van der Waals surface area (Å²) in [7, 11) is 0. The van der Waals surface area contributed by atoms with Crippen LogP contribution in [0.5, 0.6) is 0 Å². The summed E-state index contributed by atoms with van der Waals surface area (Å²) in [5.74, 6) is 0.869. The van der Waals surface area contributed by atoms with E-state index in [1.165, 1.54) is 38.0 Å². The summed E-state index contributed by atoms with van der Waals surface area (Å²) < 4.78 is 0. The van der Waals surface area contributed by atoms with Gasteiger partial charge in [0.05, 0.1) is 0 Å². The third-order valence-corrected chi connectivity index (χ3v) is 4.36. The zero-order valence-corrected chi connectivity index (χ0v) is 10.5. The molecule has 3 nitrogen and oxygen atoms in total. The summed E-state index contributed by atoms with van der Waals surface area (Å²) in [5.41, 5.74) is 1.39. The van der Waals surface area contributed by atoms with Gasteiger partial charge in [0.1, 0.15) is 0 Å². The van der Waals surface area contributed by atoms with Crippen LogP contribution in [-0.2, 0) is 0 Å². The van der Waals surface area contributed by atoms with E-state index < -0.39 is 0 Å². The average Bonchev–Trinajstić information content (AvgIpc) is 2.82. The molecule has 1 aromatic heterocycles. The molecular formula is C14H21N3. The Bertz CT molecular complexity index is 351. The van der Waals surface area contributed by atoms with Crippen LogP contribution in [0.1, 0.15) is 31.4 Å². The molecule has 17 heavy (non-hydrogen) atoms. The van der Waals surface area contributed by atoms with Gasteiger partial charge in [-0.3, -0.25) is 9.88 Å². The lowest BCUT2D eigenvalue weighted by Gasteiger charge is -2.25. The first kappa shape index (κ1) is 11.2. The number of rotatable bonds is 2. The number of likely N-dealkylation sites (tertiary alicyclic amines) is 1. The van der Waals surface area contributed by atoms with E-state index >= 15 is 0 Å². The van der Waals surface area contributed by atoms with Crippen molar-refractivity contribution in [1.82, 2.24) is 15.2 Å². The van der Waals surface area contributed by atoms with Gasteiger partial charge in [0, 0.05) is 37.6 Å². The third kappa shape index (κ3) is 2.22. The van der Waals surface area contributed by atoms with Gasteiger partial charge in [-0.1, -0.05) is 0 Å². The summed E-state index contributed by atoms with van der Waals surface area (Å²) in [4.78, 5) is 6.71. The minimum atomic E-state index is 0.519. The summed E-state index contributed by atoms with van der Waals surface area (Å²) in [6.07, 6.45) is 6.54. The van der Waals surface area contributed by atoms with Gasteiger partial charge >= 0.3 is 0 Å². The Balaban J connectivity index is 1.70. The van der Waals surface area contributed by atoms with Gasteiger partial charge in [-0.2, -0.15) is 0 Å². The zero-order chi connectivity index (χ0) is 11.7. The second-order valence-corrected chi connectivity index (χ2v) is 5.37. The lowest BCUT2D eigenvalue weighted by atomic mass is 9.94. The maximum atomic E-state index is 4.10. The Morgan fingerprint density at radius 2 is 2.18 bits per heavy atom.